The van der Waals surface area contributed by atoms with E-state index in [1.165, 1.54) is 0 Å². The van der Waals surface area contributed by atoms with Gasteiger partial charge < -0.3 is 20.1 Å². The van der Waals surface area contributed by atoms with Crippen LogP contribution in [0, 0.1) is 0 Å². The number of carbonyl (C=O) groups excluding carboxylic acids is 1. The number of nitrogens with zero attached hydrogens (tertiary/aromatic N) is 1. The van der Waals surface area contributed by atoms with E-state index in [-0.39, 0.29) is 24.8 Å². The lowest BCUT2D eigenvalue weighted by Gasteiger charge is -2.39. The van der Waals surface area contributed by atoms with Crippen molar-refractivity contribution in [3.63, 3.8) is 0 Å². The first-order valence-corrected chi connectivity index (χ1v) is 10.9. The van der Waals surface area contributed by atoms with E-state index < -0.39 is 0 Å². The number of halogens is 1. The van der Waals surface area contributed by atoms with Crippen molar-refractivity contribution in [2.75, 3.05) is 26.2 Å². The highest BCUT2D eigenvalue weighted by Crippen LogP contribution is 2.28. The summed E-state index contributed by atoms with van der Waals surface area (Å²) < 4.78 is 11.3. The smallest absolute Gasteiger partial charge is 0.407 e. The lowest BCUT2D eigenvalue weighted by Crippen LogP contribution is -2.58. The van der Waals surface area contributed by atoms with Crippen molar-refractivity contribution >= 4 is 17.7 Å². The minimum atomic E-state index is -0.369. The van der Waals surface area contributed by atoms with Crippen LogP contribution in [0.2, 0.25) is 5.02 Å². The highest BCUT2D eigenvalue weighted by Gasteiger charge is 2.28. The first kappa shape index (κ1) is 21.0. The van der Waals surface area contributed by atoms with E-state index in [0.29, 0.717) is 5.02 Å². The lowest BCUT2D eigenvalue weighted by atomic mass is 10.1. The van der Waals surface area contributed by atoms with Gasteiger partial charge in [0, 0.05) is 19.6 Å². The molecule has 2 heterocycles. The van der Waals surface area contributed by atoms with Gasteiger partial charge in [-0.2, -0.15) is 0 Å². The van der Waals surface area contributed by atoms with Crippen molar-refractivity contribution in [1.82, 2.24) is 15.5 Å². The Morgan fingerprint density at radius 2 is 1.87 bits per heavy atom. The van der Waals surface area contributed by atoms with Crippen molar-refractivity contribution in [3.05, 3.63) is 64.7 Å². The number of piperidine rings is 1. The maximum Gasteiger partial charge on any atom is 0.407 e. The fourth-order valence-corrected chi connectivity index (χ4v) is 4.06. The number of alkyl carbamates (subject to hydrolysis) is 1. The second-order valence-electron chi connectivity index (χ2n) is 7.93. The largest absolute Gasteiger partial charge is 0.489 e. The summed E-state index contributed by atoms with van der Waals surface area (Å²) in [5, 5.41) is 6.91. The fraction of sp³-hybridized carbons (Fsp3) is 0.435. The van der Waals surface area contributed by atoms with Gasteiger partial charge in [0.2, 0.25) is 0 Å². The SMILES string of the molecule is O=C(NC1CN(Cc2ccc(OC3CCNCC3)c(Cl)c2)C1)OCc1ccccc1. The van der Waals surface area contributed by atoms with Crippen LogP contribution in [-0.4, -0.2) is 49.3 Å². The molecule has 1 amide bonds. The molecule has 0 spiro atoms. The number of rotatable bonds is 7. The Kier molecular flexibility index (Phi) is 7.10. The predicted octanol–water partition coefficient (Wildman–Crippen LogP) is 3.58. The number of hydrogen-bond acceptors (Lipinski definition) is 5. The van der Waals surface area contributed by atoms with Crippen LogP contribution in [0.15, 0.2) is 48.5 Å². The molecule has 2 aliphatic rings. The number of benzene rings is 2. The molecule has 2 saturated heterocycles. The topological polar surface area (TPSA) is 62.8 Å². The molecule has 0 radical (unpaired) electrons. The van der Waals surface area contributed by atoms with E-state index in [1.54, 1.807) is 0 Å². The van der Waals surface area contributed by atoms with Gasteiger partial charge in [-0.25, -0.2) is 4.79 Å². The number of amides is 1. The Balaban J connectivity index is 1.17. The van der Waals surface area contributed by atoms with Gasteiger partial charge in [-0.05, 0) is 49.2 Å². The normalized spacial score (nSPS) is 17.9. The average molecular weight is 430 g/mol. The van der Waals surface area contributed by atoms with Gasteiger partial charge in [0.25, 0.3) is 0 Å². The van der Waals surface area contributed by atoms with Crippen molar-refractivity contribution < 1.29 is 14.3 Å². The van der Waals surface area contributed by atoms with E-state index in [2.05, 4.69) is 21.6 Å². The van der Waals surface area contributed by atoms with Crippen molar-refractivity contribution in [1.29, 1.82) is 0 Å². The monoisotopic (exact) mass is 429 g/mol. The van der Waals surface area contributed by atoms with Crippen LogP contribution in [0.3, 0.4) is 0 Å². The summed E-state index contributed by atoms with van der Waals surface area (Å²) in [4.78, 5) is 14.2. The van der Waals surface area contributed by atoms with E-state index in [9.17, 15) is 4.79 Å². The van der Waals surface area contributed by atoms with Crippen LogP contribution in [0.4, 0.5) is 4.79 Å². The predicted molar refractivity (Wildman–Crippen MR) is 117 cm³/mol. The average Bonchev–Trinajstić information content (AvgIpc) is 2.74. The van der Waals surface area contributed by atoms with Gasteiger partial charge in [0.1, 0.15) is 18.5 Å². The molecule has 7 heteroatoms. The number of carbonyl (C=O) groups is 1. The molecular formula is C23H28ClN3O3. The summed E-state index contributed by atoms with van der Waals surface area (Å²) >= 11 is 6.44. The molecule has 0 atom stereocenters. The number of ether oxygens (including phenoxy) is 2. The Labute approximate surface area is 182 Å². The molecule has 30 heavy (non-hydrogen) atoms. The van der Waals surface area contributed by atoms with Crippen LogP contribution in [-0.2, 0) is 17.9 Å². The second kappa shape index (κ2) is 10.2. The Morgan fingerprint density at radius 3 is 2.60 bits per heavy atom. The molecule has 0 bridgehead atoms. The molecule has 2 aliphatic heterocycles. The van der Waals surface area contributed by atoms with Gasteiger partial charge in [-0.15, -0.1) is 0 Å². The minimum absolute atomic E-state index is 0.117. The molecule has 160 valence electrons. The third kappa shape index (κ3) is 5.88. The standard InChI is InChI=1S/C23H28ClN3O3/c24-21-12-18(6-7-22(21)30-20-8-10-25-11-9-20)13-27-14-19(15-27)26-23(28)29-16-17-4-2-1-3-5-17/h1-7,12,19-20,25H,8-11,13-16H2,(H,26,28). The van der Waals surface area contributed by atoms with Gasteiger partial charge in [-0.3, -0.25) is 4.90 Å². The highest BCUT2D eigenvalue weighted by atomic mass is 35.5. The third-order valence-electron chi connectivity index (χ3n) is 5.47. The minimum Gasteiger partial charge on any atom is -0.489 e. The number of nitrogens with one attached hydrogen (secondary N) is 2. The molecular weight excluding hydrogens is 402 g/mol. The van der Waals surface area contributed by atoms with Crippen molar-refractivity contribution in [2.24, 2.45) is 0 Å². The molecule has 2 N–H and O–H groups in total. The lowest BCUT2D eigenvalue weighted by molar-refractivity contribution is 0.0936. The van der Waals surface area contributed by atoms with Gasteiger partial charge in [0.05, 0.1) is 11.1 Å². The molecule has 2 fully saturated rings. The first-order valence-electron chi connectivity index (χ1n) is 10.5. The molecule has 0 aliphatic carbocycles. The molecule has 6 nitrogen and oxygen atoms in total. The van der Waals surface area contributed by atoms with Gasteiger partial charge >= 0.3 is 6.09 Å². The molecule has 2 aromatic rings. The molecule has 0 saturated carbocycles. The zero-order valence-corrected chi connectivity index (χ0v) is 17.7. The first-order chi connectivity index (χ1) is 14.7. The van der Waals surface area contributed by atoms with Crippen LogP contribution < -0.4 is 15.4 Å². The summed E-state index contributed by atoms with van der Waals surface area (Å²) in [6, 6.07) is 15.8. The van der Waals surface area contributed by atoms with Crippen molar-refractivity contribution in [2.45, 2.75) is 38.1 Å². The number of hydrogen-bond donors (Lipinski definition) is 2. The van der Waals surface area contributed by atoms with Crippen LogP contribution in [0.1, 0.15) is 24.0 Å². The maximum absolute atomic E-state index is 11.9. The molecule has 2 aromatic carbocycles. The Morgan fingerprint density at radius 1 is 1.10 bits per heavy atom. The Hall–Kier alpha value is -2.28. The van der Waals surface area contributed by atoms with Crippen molar-refractivity contribution in [3.8, 4) is 5.75 Å². The van der Waals surface area contributed by atoms with Gasteiger partial charge in [-0.1, -0.05) is 48.0 Å². The number of likely N-dealkylation sites (tertiary alicyclic amines) is 1. The molecule has 4 rings (SSSR count). The van der Waals surface area contributed by atoms with E-state index in [4.69, 9.17) is 21.1 Å². The van der Waals surface area contributed by atoms with E-state index in [1.807, 2.05) is 42.5 Å². The summed E-state index contributed by atoms with van der Waals surface area (Å²) in [7, 11) is 0. The zero-order chi connectivity index (χ0) is 20.8. The highest BCUT2D eigenvalue weighted by molar-refractivity contribution is 6.32. The van der Waals surface area contributed by atoms with Crippen LogP contribution in [0.5, 0.6) is 5.75 Å². The van der Waals surface area contributed by atoms with Gasteiger partial charge in [0.15, 0.2) is 0 Å². The van der Waals surface area contributed by atoms with E-state index >= 15 is 0 Å². The third-order valence-corrected chi connectivity index (χ3v) is 5.77. The molecule has 0 aromatic heterocycles. The zero-order valence-electron chi connectivity index (χ0n) is 17.0. The fourth-order valence-electron chi connectivity index (χ4n) is 3.81. The van der Waals surface area contributed by atoms with E-state index in [0.717, 1.165) is 62.4 Å². The summed E-state index contributed by atoms with van der Waals surface area (Å²) in [5.74, 6) is 0.761. The Bertz CT molecular complexity index is 837. The summed E-state index contributed by atoms with van der Waals surface area (Å²) in [6.07, 6.45) is 1.88. The van der Waals surface area contributed by atoms with Crippen LogP contribution in [0.25, 0.3) is 0 Å². The maximum atomic E-state index is 11.9. The van der Waals surface area contributed by atoms with Crippen LogP contribution >= 0.6 is 11.6 Å². The molecule has 0 unspecified atom stereocenters. The quantitative estimate of drug-likeness (QED) is 0.704. The second-order valence-corrected chi connectivity index (χ2v) is 8.34. The summed E-state index contributed by atoms with van der Waals surface area (Å²) in [6.45, 7) is 4.66. The summed E-state index contributed by atoms with van der Waals surface area (Å²) in [5.41, 5.74) is 2.12.